The van der Waals surface area contributed by atoms with E-state index in [9.17, 15) is 0 Å². The van der Waals surface area contributed by atoms with Crippen LogP contribution in [0.25, 0.3) is 0 Å². The van der Waals surface area contributed by atoms with Gasteiger partial charge in [-0.25, -0.2) is 0 Å². The van der Waals surface area contributed by atoms with Crippen molar-refractivity contribution < 1.29 is 0 Å². The summed E-state index contributed by atoms with van der Waals surface area (Å²) in [5.74, 6) is 0. The normalized spacial score (nSPS) is 16.0. The van der Waals surface area contributed by atoms with Gasteiger partial charge in [0.2, 0.25) is 0 Å². The molecule has 130 valence electrons. The Morgan fingerprint density at radius 1 is 1.04 bits per heavy atom. The molecule has 2 N–H and O–H groups in total. The standard InChI is InChI=1S/C20H30N4/c1-20(2,3)19-18(14-22-23-19)13-21-12-16-8-4-5-9-17(16)15-24-10-6-7-11-24/h4-5,8-9,14,21H,6-7,10-13,15H2,1-3H3,(H,22,23). The summed E-state index contributed by atoms with van der Waals surface area (Å²) < 4.78 is 0. The number of H-pyrrole nitrogens is 1. The van der Waals surface area contributed by atoms with Crippen molar-refractivity contribution in [3.8, 4) is 0 Å². The molecular weight excluding hydrogens is 296 g/mol. The number of aromatic amines is 1. The van der Waals surface area contributed by atoms with Crippen LogP contribution < -0.4 is 5.32 Å². The maximum atomic E-state index is 4.23. The van der Waals surface area contributed by atoms with Crippen LogP contribution in [0.5, 0.6) is 0 Å². The molecule has 2 heterocycles. The summed E-state index contributed by atoms with van der Waals surface area (Å²) >= 11 is 0. The van der Waals surface area contributed by atoms with Crippen LogP contribution in [0, 0.1) is 0 Å². The first-order valence-electron chi connectivity index (χ1n) is 9.06. The smallest absolute Gasteiger partial charge is 0.0535 e. The van der Waals surface area contributed by atoms with Crippen molar-refractivity contribution in [2.24, 2.45) is 0 Å². The van der Waals surface area contributed by atoms with Crippen molar-refractivity contribution in [3.63, 3.8) is 0 Å². The van der Waals surface area contributed by atoms with Crippen LogP contribution >= 0.6 is 0 Å². The topological polar surface area (TPSA) is 44.0 Å². The zero-order valence-electron chi connectivity index (χ0n) is 15.2. The van der Waals surface area contributed by atoms with Crippen LogP contribution in [0.3, 0.4) is 0 Å². The minimum Gasteiger partial charge on any atom is -0.308 e. The first kappa shape index (κ1) is 17.2. The van der Waals surface area contributed by atoms with Gasteiger partial charge < -0.3 is 5.32 Å². The molecule has 0 aliphatic carbocycles. The van der Waals surface area contributed by atoms with Crippen LogP contribution in [-0.4, -0.2) is 28.2 Å². The average Bonchev–Trinajstić information content (AvgIpc) is 3.20. The Balaban J connectivity index is 1.60. The Hall–Kier alpha value is -1.65. The van der Waals surface area contributed by atoms with Gasteiger partial charge in [-0.2, -0.15) is 5.10 Å². The van der Waals surface area contributed by atoms with Crippen LogP contribution in [-0.2, 0) is 25.0 Å². The van der Waals surface area contributed by atoms with E-state index in [1.54, 1.807) is 0 Å². The highest BCUT2D eigenvalue weighted by molar-refractivity contribution is 5.28. The predicted molar refractivity (Wildman–Crippen MR) is 98.8 cm³/mol. The molecule has 1 aromatic heterocycles. The second kappa shape index (κ2) is 7.49. The number of rotatable bonds is 6. The van der Waals surface area contributed by atoms with E-state index >= 15 is 0 Å². The highest BCUT2D eigenvalue weighted by Gasteiger charge is 2.19. The molecule has 0 bridgehead atoms. The molecule has 4 heteroatoms. The van der Waals surface area contributed by atoms with E-state index in [1.807, 2.05) is 6.20 Å². The Bertz CT molecular complexity index is 648. The third-order valence-corrected chi connectivity index (χ3v) is 4.81. The summed E-state index contributed by atoms with van der Waals surface area (Å²) in [5, 5.41) is 11.0. The highest BCUT2D eigenvalue weighted by Crippen LogP contribution is 2.23. The first-order valence-corrected chi connectivity index (χ1v) is 9.06. The fourth-order valence-electron chi connectivity index (χ4n) is 3.49. The Morgan fingerprint density at radius 2 is 1.71 bits per heavy atom. The Labute approximate surface area is 145 Å². The van der Waals surface area contributed by atoms with E-state index in [0.29, 0.717) is 0 Å². The lowest BCUT2D eigenvalue weighted by atomic mass is 9.89. The molecule has 1 aromatic carbocycles. The van der Waals surface area contributed by atoms with Crippen LogP contribution in [0.2, 0.25) is 0 Å². The van der Waals surface area contributed by atoms with E-state index in [-0.39, 0.29) is 5.41 Å². The summed E-state index contributed by atoms with van der Waals surface area (Å²) in [6.07, 6.45) is 4.64. The van der Waals surface area contributed by atoms with Gasteiger partial charge in [0.15, 0.2) is 0 Å². The molecule has 2 aromatic rings. The van der Waals surface area contributed by atoms with Gasteiger partial charge in [-0.3, -0.25) is 10.00 Å². The SMILES string of the molecule is CC(C)(C)c1[nH]ncc1CNCc1ccccc1CN1CCCC1. The zero-order chi connectivity index (χ0) is 17.0. The largest absolute Gasteiger partial charge is 0.308 e. The van der Waals surface area contributed by atoms with Crippen LogP contribution in [0.15, 0.2) is 30.5 Å². The number of nitrogens with one attached hydrogen (secondary N) is 2. The van der Waals surface area contributed by atoms with E-state index in [2.05, 4.69) is 65.5 Å². The van der Waals surface area contributed by atoms with Gasteiger partial charge in [0, 0.05) is 36.3 Å². The zero-order valence-corrected chi connectivity index (χ0v) is 15.2. The summed E-state index contributed by atoms with van der Waals surface area (Å²) in [6.45, 7) is 12.0. The number of hydrogen-bond donors (Lipinski definition) is 2. The summed E-state index contributed by atoms with van der Waals surface area (Å²) in [6, 6.07) is 8.82. The van der Waals surface area contributed by atoms with Gasteiger partial charge in [0.05, 0.1) is 6.20 Å². The number of aromatic nitrogens is 2. The van der Waals surface area contributed by atoms with Crippen molar-refractivity contribution >= 4 is 0 Å². The molecule has 1 fully saturated rings. The van der Waals surface area contributed by atoms with Crippen LogP contribution in [0.4, 0.5) is 0 Å². The molecule has 0 amide bonds. The van der Waals surface area contributed by atoms with Gasteiger partial charge in [-0.1, -0.05) is 45.0 Å². The molecule has 0 radical (unpaired) electrons. The second-order valence-corrected chi connectivity index (χ2v) is 7.88. The molecule has 4 nitrogen and oxygen atoms in total. The van der Waals surface area contributed by atoms with Gasteiger partial charge >= 0.3 is 0 Å². The van der Waals surface area contributed by atoms with Gasteiger partial charge in [0.1, 0.15) is 0 Å². The van der Waals surface area contributed by atoms with E-state index in [1.165, 1.54) is 48.3 Å². The van der Waals surface area contributed by atoms with E-state index in [4.69, 9.17) is 0 Å². The monoisotopic (exact) mass is 326 g/mol. The molecule has 24 heavy (non-hydrogen) atoms. The average molecular weight is 326 g/mol. The maximum Gasteiger partial charge on any atom is 0.0535 e. The van der Waals surface area contributed by atoms with E-state index < -0.39 is 0 Å². The lowest BCUT2D eigenvalue weighted by Crippen LogP contribution is -2.22. The van der Waals surface area contributed by atoms with Crippen molar-refractivity contribution in [1.82, 2.24) is 20.4 Å². The molecular formula is C20H30N4. The molecule has 1 aliphatic rings. The van der Waals surface area contributed by atoms with Crippen molar-refractivity contribution in [1.29, 1.82) is 0 Å². The van der Waals surface area contributed by atoms with Gasteiger partial charge in [-0.05, 0) is 37.1 Å². The van der Waals surface area contributed by atoms with Crippen molar-refractivity contribution in [3.05, 3.63) is 52.8 Å². The Morgan fingerprint density at radius 3 is 2.42 bits per heavy atom. The first-order chi connectivity index (χ1) is 11.5. The highest BCUT2D eigenvalue weighted by atomic mass is 15.1. The lowest BCUT2D eigenvalue weighted by molar-refractivity contribution is 0.330. The van der Waals surface area contributed by atoms with Crippen molar-refractivity contribution in [2.75, 3.05) is 13.1 Å². The second-order valence-electron chi connectivity index (χ2n) is 7.88. The van der Waals surface area contributed by atoms with E-state index in [0.717, 1.165) is 19.6 Å². The molecule has 0 atom stereocenters. The predicted octanol–water partition coefficient (Wildman–Crippen LogP) is 3.59. The minimum absolute atomic E-state index is 0.0984. The molecule has 1 aliphatic heterocycles. The molecule has 1 saturated heterocycles. The van der Waals surface area contributed by atoms with Crippen molar-refractivity contribution in [2.45, 2.75) is 58.7 Å². The molecule has 0 saturated carbocycles. The molecule has 0 unspecified atom stereocenters. The van der Waals surface area contributed by atoms with Gasteiger partial charge in [0.25, 0.3) is 0 Å². The fourth-order valence-corrected chi connectivity index (χ4v) is 3.49. The maximum absolute atomic E-state index is 4.23. The van der Waals surface area contributed by atoms with Crippen LogP contribution in [0.1, 0.15) is 56.0 Å². The molecule has 3 rings (SSSR count). The summed E-state index contributed by atoms with van der Waals surface area (Å²) in [7, 11) is 0. The fraction of sp³-hybridized carbons (Fsp3) is 0.550. The third kappa shape index (κ3) is 4.25. The third-order valence-electron chi connectivity index (χ3n) is 4.81. The Kier molecular flexibility index (Phi) is 5.36. The molecule has 0 spiro atoms. The lowest BCUT2D eigenvalue weighted by Gasteiger charge is -2.19. The van der Waals surface area contributed by atoms with Gasteiger partial charge in [-0.15, -0.1) is 0 Å². The number of likely N-dealkylation sites (tertiary alicyclic amines) is 1. The number of nitrogens with zero attached hydrogens (tertiary/aromatic N) is 2. The number of benzene rings is 1. The summed E-state index contributed by atoms with van der Waals surface area (Å²) in [5.41, 5.74) is 5.45. The number of hydrogen-bond acceptors (Lipinski definition) is 3. The summed E-state index contributed by atoms with van der Waals surface area (Å²) in [4.78, 5) is 2.56. The minimum atomic E-state index is 0.0984. The quantitative estimate of drug-likeness (QED) is 0.852.